The van der Waals surface area contributed by atoms with Crippen molar-refractivity contribution in [3.05, 3.63) is 95.1 Å². The second-order valence-corrected chi connectivity index (χ2v) is 13.5. The first-order valence-corrected chi connectivity index (χ1v) is 15.1. The molecule has 3 aromatic carbocycles. The van der Waals surface area contributed by atoms with Gasteiger partial charge in [-0.1, -0.05) is 48.5 Å². The van der Waals surface area contributed by atoms with Crippen LogP contribution in [0.2, 0.25) is 0 Å². The van der Waals surface area contributed by atoms with Gasteiger partial charge in [0.1, 0.15) is 11.5 Å². The number of rotatable bonds is 6. The SMILES string of the molecule is COc1cccc(CCN2CC34Cc5ccc(O)cc5C35C3C6CCC5(C[C@@H]3C(=O)N6Cc3ccccc3)C24)c1. The van der Waals surface area contributed by atoms with Gasteiger partial charge in [0.15, 0.2) is 0 Å². The Hall–Kier alpha value is -3.31. The number of fused-ring (bicyclic) bond motifs is 1. The number of phenols is 1. The summed E-state index contributed by atoms with van der Waals surface area (Å²) in [6.45, 7) is 2.86. The first kappa shape index (κ1) is 23.4. The summed E-state index contributed by atoms with van der Waals surface area (Å²) in [5.74, 6) is 2.14. The fraction of sp³-hybridized carbons (Fsp3) is 0.457. The fourth-order valence-corrected chi connectivity index (χ4v) is 11.6. The van der Waals surface area contributed by atoms with Gasteiger partial charge in [-0.15, -0.1) is 0 Å². The number of hydrogen-bond donors (Lipinski definition) is 1. The molecule has 0 aromatic heterocycles. The normalized spacial score (nSPS) is 37.7. The number of carbonyl (C=O) groups is 1. The molecule has 2 aliphatic heterocycles. The van der Waals surface area contributed by atoms with E-state index in [1.165, 1.54) is 28.7 Å². The highest BCUT2D eigenvalue weighted by Gasteiger charge is 2.94. The van der Waals surface area contributed by atoms with Crippen molar-refractivity contribution in [1.29, 1.82) is 0 Å². The summed E-state index contributed by atoms with van der Waals surface area (Å²) >= 11 is 0. The molecule has 6 unspecified atom stereocenters. The van der Waals surface area contributed by atoms with Crippen LogP contribution in [0.25, 0.3) is 0 Å². The maximum absolute atomic E-state index is 14.2. The van der Waals surface area contributed by atoms with E-state index in [0.717, 1.165) is 51.1 Å². The Labute approximate surface area is 235 Å². The van der Waals surface area contributed by atoms with Gasteiger partial charge in [-0.25, -0.2) is 0 Å². The Kier molecular flexibility index (Phi) is 4.50. The molecule has 5 heteroatoms. The highest BCUT2D eigenvalue weighted by molar-refractivity contribution is 5.85. The first-order chi connectivity index (χ1) is 19.5. The number of piperidine rings is 1. The van der Waals surface area contributed by atoms with Gasteiger partial charge in [-0.05, 0) is 84.0 Å². The highest BCUT2D eigenvalue weighted by atomic mass is 16.5. The van der Waals surface area contributed by atoms with Crippen LogP contribution in [-0.4, -0.2) is 53.1 Å². The number of aromatic hydroxyl groups is 1. The van der Waals surface area contributed by atoms with Crippen LogP contribution in [0.1, 0.15) is 41.5 Å². The van der Waals surface area contributed by atoms with Crippen molar-refractivity contribution in [3.8, 4) is 11.5 Å². The molecule has 2 bridgehead atoms. The zero-order valence-corrected chi connectivity index (χ0v) is 23.1. The molecule has 6 aliphatic rings. The van der Waals surface area contributed by atoms with E-state index in [9.17, 15) is 9.90 Å². The number of amides is 1. The Balaban J connectivity index is 1.10. The van der Waals surface area contributed by atoms with E-state index >= 15 is 0 Å². The van der Waals surface area contributed by atoms with Crippen molar-refractivity contribution < 1.29 is 14.6 Å². The third-order valence-corrected chi connectivity index (χ3v) is 12.3. The van der Waals surface area contributed by atoms with E-state index in [0.29, 0.717) is 29.7 Å². The molecule has 2 spiro atoms. The molecule has 3 saturated carbocycles. The summed E-state index contributed by atoms with van der Waals surface area (Å²) in [4.78, 5) is 19.2. The second-order valence-electron chi connectivity index (χ2n) is 13.5. The summed E-state index contributed by atoms with van der Waals surface area (Å²) in [6.07, 6.45) is 5.40. The lowest BCUT2D eigenvalue weighted by molar-refractivity contribution is -0.322. The molecular weight excluding hydrogens is 496 g/mol. The van der Waals surface area contributed by atoms with Crippen LogP contribution in [-0.2, 0) is 29.6 Å². The van der Waals surface area contributed by atoms with Gasteiger partial charge in [-0.2, -0.15) is 0 Å². The zero-order chi connectivity index (χ0) is 26.9. The molecular formula is C35H36N2O3. The fourth-order valence-electron chi connectivity index (χ4n) is 11.6. The van der Waals surface area contributed by atoms with Crippen LogP contribution in [0.15, 0.2) is 72.8 Å². The van der Waals surface area contributed by atoms with Crippen molar-refractivity contribution in [1.82, 2.24) is 9.80 Å². The van der Waals surface area contributed by atoms with Gasteiger partial charge in [0.05, 0.1) is 7.11 Å². The molecule has 0 radical (unpaired) electrons. The van der Waals surface area contributed by atoms with Gasteiger partial charge < -0.3 is 14.7 Å². The van der Waals surface area contributed by atoms with E-state index < -0.39 is 0 Å². The topological polar surface area (TPSA) is 53.0 Å². The Morgan fingerprint density at radius 3 is 2.70 bits per heavy atom. The van der Waals surface area contributed by atoms with Crippen molar-refractivity contribution >= 4 is 5.91 Å². The van der Waals surface area contributed by atoms with Gasteiger partial charge in [0.2, 0.25) is 5.91 Å². The third kappa shape index (κ3) is 2.49. The van der Waals surface area contributed by atoms with Gasteiger partial charge in [0, 0.05) is 54.4 Å². The predicted octanol–water partition coefficient (Wildman–Crippen LogP) is 4.95. The van der Waals surface area contributed by atoms with E-state index in [-0.39, 0.29) is 22.2 Å². The molecule has 1 N–H and O–H groups in total. The summed E-state index contributed by atoms with van der Waals surface area (Å²) < 4.78 is 5.48. The molecule has 2 saturated heterocycles. The van der Waals surface area contributed by atoms with Crippen molar-refractivity contribution in [2.24, 2.45) is 22.7 Å². The van der Waals surface area contributed by atoms with Crippen LogP contribution in [0.4, 0.5) is 0 Å². The number of benzene rings is 3. The Bertz CT molecular complexity index is 1560. The minimum Gasteiger partial charge on any atom is -0.508 e. The zero-order valence-electron chi connectivity index (χ0n) is 23.1. The van der Waals surface area contributed by atoms with E-state index in [2.05, 4.69) is 70.5 Å². The number of phenolic OH excluding ortho intramolecular Hbond substituents is 1. The van der Waals surface area contributed by atoms with Crippen LogP contribution < -0.4 is 4.74 Å². The second kappa shape index (κ2) is 7.70. The maximum Gasteiger partial charge on any atom is 0.226 e. The quantitative estimate of drug-likeness (QED) is 0.488. The lowest BCUT2D eigenvalue weighted by Crippen LogP contribution is -2.91. The smallest absolute Gasteiger partial charge is 0.226 e. The number of nitrogens with zero attached hydrogens (tertiary/aromatic N) is 2. The van der Waals surface area contributed by atoms with E-state index in [1.54, 1.807) is 7.11 Å². The average molecular weight is 533 g/mol. The van der Waals surface area contributed by atoms with Gasteiger partial charge in [-0.3, -0.25) is 9.69 Å². The van der Waals surface area contributed by atoms with Gasteiger partial charge in [0.25, 0.3) is 0 Å². The molecule has 2 heterocycles. The molecule has 1 amide bonds. The number of carbonyl (C=O) groups excluding carboxylic acids is 1. The Morgan fingerprint density at radius 2 is 1.85 bits per heavy atom. The number of methoxy groups -OCH3 is 1. The maximum atomic E-state index is 14.2. The Morgan fingerprint density at radius 1 is 1.00 bits per heavy atom. The van der Waals surface area contributed by atoms with Crippen molar-refractivity contribution in [3.63, 3.8) is 0 Å². The van der Waals surface area contributed by atoms with E-state index in [1.807, 2.05) is 12.1 Å². The van der Waals surface area contributed by atoms with Crippen LogP contribution in [0, 0.1) is 22.7 Å². The summed E-state index contributed by atoms with van der Waals surface area (Å²) in [5.41, 5.74) is 5.71. The van der Waals surface area contributed by atoms with Crippen molar-refractivity contribution in [2.75, 3.05) is 20.2 Å². The first-order valence-electron chi connectivity index (χ1n) is 15.1. The monoisotopic (exact) mass is 532 g/mol. The molecule has 7 atom stereocenters. The number of ether oxygens (including phenoxy) is 1. The van der Waals surface area contributed by atoms with Crippen LogP contribution in [0.5, 0.6) is 11.5 Å². The summed E-state index contributed by atoms with van der Waals surface area (Å²) in [5, 5.41) is 10.7. The van der Waals surface area contributed by atoms with Gasteiger partial charge >= 0.3 is 0 Å². The number of likely N-dealkylation sites (tertiary alicyclic amines) is 2. The largest absolute Gasteiger partial charge is 0.508 e. The van der Waals surface area contributed by atoms with Crippen LogP contribution in [0.3, 0.4) is 0 Å². The van der Waals surface area contributed by atoms with E-state index in [4.69, 9.17) is 4.74 Å². The summed E-state index contributed by atoms with van der Waals surface area (Å²) in [7, 11) is 1.73. The molecule has 4 aliphatic carbocycles. The molecule has 9 rings (SSSR count). The van der Waals surface area contributed by atoms with Crippen molar-refractivity contribution in [2.45, 2.75) is 56.1 Å². The summed E-state index contributed by atoms with van der Waals surface area (Å²) in [6, 6.07) is 26.0. The lowest BCUT2D eigenvalue weighted by atomic mass is 9.27. The van der Waals surface area contributed by atoms with Crippen LogP contribution >= 0.6 is 0 Å². The molecule has 40 heavy (non-hydrogen) atoms. The lowest BCUT2D eigenvalue weighted by Gasteiger charge is -2.84. The predicted molar refractivity (Wildman–Crippen MR) is 152 cm³/mol. The minimum absolute atomic E-state index is 0.0138. The molecule has 5 nitrogen and oxygen atoms in total. The minimum atomic E-state index is 0.0138. The number of hydrogen-bond acceptors (Lipinski definition) is 4. The molecule has 204 valence electrons. The third-order valence-electron chi connectivity index (χ3n) is 12.3. The molecule has 3 aromatic rings. The average Bonchev–Trinajstić information content (AvgIpc) is 3.43. The highest BCUT2D eigenvalue weighted by Crippen LogP contribution is 2.90. The standard InChI is InChI=1S/C35H36N2O3/c1-40-26-9-5-8-22(16-26)13-15-36-21-34-18-24-10-11-25(38)17-28(24)35(34)30-27-19-33(35,32(34)36)14-12-29(30)37(31(27)39)20-23-6-3-2-4-7-23/h2-11,16-17,27,29-30,32,38H,12-15,18-21H2,1H3/t27-,29?,30?,32?,33?,34?,35?/m0/s1. The molecule has 5 fully saturated rings.